The molecule has 0 aliphatic rings. The summed E-state index contributed by atoms with van der Waals surface area (Å²) in [6.07, 6.45) is 0. The van der Waals surface area contributed by atoms with Gasteiger partial charge >= 0.3 is 0 Å². The molecule has 0 bridgehead atoms. The van der Waals surface area contributed by atoms with Gasteiger partial charge in [-0.15, -0.1) is 0 Å². The maximum absolute atomic E-state index is 5.39. The van der Waals surface area contributed by atoms with Crippen LogP contribution in [0.15, 0.2) is 47.0 Å². The molecule has 1 N–H and O–H groups in total. The van der Waals surface area contributed by atoms with Gasteiger partial charge in [0.25, 0.3) is 0 Å². The van der Waals surface area contributed by atoms with E-state index in [1.54, 1.807) is 0 Å². The number of nitrogens with one attached hydrogen (secondary N) is 1. The summed E-state index contributed by atoms with van der Waals surface area (Å²) in [5.74, 6) is 0.816. The molecule has 0 aliphatic carbocycles. The molecule has 0 unspecified atom stereocenters. The molecule has 3 rings (SSSR count). The summed E-state index contributed by atoms with van der Waals surface area (Å²) >= 11 is 0. The van der Waals surface area contributed by atoms with Gasteiger partial charge in [0.2, 0.25) is 0 Å². The SMILES string of the molecule is Cc1cc(C)c2c(NCc3ccccc3)noc2c1. The Morgan fingerprint density at radius 3 is 2.68 bits per heavy atom. The smallest absolute Gasteiger partial charge is 0.177 e. The second-order valence-electron chi connectivity index (χ2n) is 4.83. The zero-order chi connectivity index (χ0) is 13.2. The summed E-state index contributed by atoms with van der Waals surface area (Å²) in [6.45, 7) is 4.89. The summed E-state index contributed by atoms with van der Waals surface area (Å²) in [6, 6.07) is 14.4. The van der Waals surface area contributed by atoms with Gasteiger partial charge in [-0.3, -0.25) is 0 Å². The number of rotatable bonds is 3. The first kappa shape index (κ1) is 11.8. The lowest BCUT2D eigenvalue weighted by Crippen LogP contribution is -1.99. The van der Waals surface area contributed by atoms with Crippen molar-refractivity contribution in [1.82, 2.24) is 5.16 Å². The summed E-state index contributed by atoms with van der Waals surface area (Å²) < 4.78 is 5.39. The van der Waals surface area contributed by atoms with E-state index in [0.717, 1.165) is 23.3 Å². The predicted molar refractivity (Wildman–Crippen MR) is 77.3 cm³/mol. The van der Waals surface area contributed by atoms with Crippen LogP contribution in [0.25, 0.3) is 11.0 Å². The Morgan fingerprint density at radius 1 is 1.11 bits per heavy atom. The molecule has 2 aromatic carbocycles. The van der Waals surface area contributed by atoms with E-state index in [0.29, 0.717) is 0 Å². The van der Waals surface area contributed by atoms with Gasteiger partial charge in [-0.1, -0.05) is 41.6 Å². The highest BCUT2D eigenvalue weighted by molar-refractivity contribution is 5.91. The molecule has 1 heterocycles. The number of aryl methyl sites for hydroxylation is 2. The molecule has 0 saturated heterocycles. The van der Waals surface area contributed by atoms with Gasteiger partial charge in [0.1, 0.15) is 0 Å². The van der Waals surface area contributed by atoms with Crippen LogP contribution in [0.4, 0.5) is 5.82 Å². The molecule has 0 radical (unpaired) electrons. The fraction of sp³-hybridized carbons (Fsp3) is 0.188. The van der Waals surface area contributed by atoms with Crippen molar-refractivity contribution < 1.29 is 4.52 Å². The van der Waals surface area contributed by atoms with Crippen molar-refractivity contribution in [2.45, 2.75) is 20.4 Å². The maximum Gasteiger partial charge on any atom is 0.177 e. The molecule has 3 aromatic rings. The van der Waals surface area contributed by atoms with E-state index in [-0.39, 0.29) is 0 Å². The molecule has 0 saturated carbocycles. The van der Waals surface area contributed by atoms with E-state index >= 15 is 0 Å². The fourth-order valence-electron chi connectivity index (χ4n) is 2.35. The average molecular weight is 252 g/mol. The van der Waals surface area contributed by atoms with Gasteiger partial charge in [0, 0.05) is 6.54 Å². The van der Waals surface area contributed by atoms with E-state index < -0.39 is 0 Å². The largest absolute Gasteiger partial charge is 0.363 e. The van der Waals surface area contributed by atoms with Gasteiger partial charge in [-0.25, -0.2) is 0 Å². The molecule has 0 spiro atoms. The van der Waals surface area contributed by atoms with E-state index in [4.69, 9.17) is 4.52 Å². The normalized spacial score (nSPS) is 10.8. The Morgan fingerprint density at radius 2 is 1.89 bits per heavy atom. The third-order valence-electron chi connectivity index (χ3n) is 3.22. The molecule has 0 atom stereocenters. The predicted octanol–water partition coefficient (Wildman–Crippen LogP) is 4.06. The molecule has 1 aromatic heterocycles. The van der Waals surface area contributed by atoms with Crippen molar-refractivity contribution in [3.63, 3.8) is 0 Å². The van der Waals surface area contributed by atoms with Crippen molar-refractivity contribution in [1.29, 1.82) is 0 Å². The average Bonchev–Trinajstić information content (AvgIpc) is 2.81. The van der Waals surface area contributed by atoms with Crippen molar-refractivity contribution in [3.8, 4) is 0 Å². The van der Waals surface area contributed by atoms with E-state index in [1.807, 2.05) is 24.3 Å². The van der Waals surface area contributed by atoms with Crippen LogP contribution in [-0.4, -0.2) is 5.16 Å². The monoisotopic (exact) mass is 252 g/mol. The third kappa shape index (κ3) is 2.32. The topological polar surface area (TPSA) is 38.1 Å². The molecule has 0 aliphatic heterocycles. The van der Waals surface area contributed by atoms with Crippen LogP contribution >= 0.6 is 0 Å². The second kappa shape index (κ2) is 4.76. The first-order chi connectivity index (χ1) is 9.24. The Hall–Kier alpha value is -2.29. The number of nitrogens with zero attached hydrogens (tertiary/aromatic N) is 1. The van der Waals surface area contributed by atoms with Crippen molar-refractivity contribution in [3.05, 3.63) is 59.2 Å². The Kier molecular flexibility index (Phi) is 2.95. The van der Waals surface area contributed by atoms with Crippen LogP contribution in [0.5, 0.6) is 0 Å². The fourth-order valence-corrected chi connectivity index (χ4v) is 2.35. The van der Waals surface area contributed by atoms with Crippen molar-refractivity contribution in [2.75, 3.05) is 5.32 Å². The number of hydrogen-bond acceptors (Lipinski definition) is 3. The van der Waals surface area contributed by atoms with Crippen molar-refractivity contribution in [2.24, 2.45) is 0 Å². The number of anilines is 1. The summed E-state index contributed by atoms with van der Waals surface area (Å²) in [5, 5.41) is 8.54. The third-order valence-corrected chi connectivity index (χ3v) is 3.22. The lowest BCUT2D eigenvalue weighted by Gasteiger charge is -2.04. The number of hydrogen-bond donors (Lipinski definition) is 1. The minimum atomic E-state index is 0.746. The van der Waals surface area contributed by atoms with E-state index in [2.05, 4.69) is 42.5 Å². The lowest BCUT2D eigenvalue weighted by molar-refractivity contribution is 0.459. The van der Waals surface area contributed by atoms with Gasteiger partial charge in [0.15, 0.2) is 11.4 Å². The molecule has 0 amide bonds. The molecule has 96 valence electrons. The first-order valence-electron chi connectivity index (χ1n) is 6.38. The van der Waals surface area contributed by atoms with Crippen LogP contribution in [0.3, 0.4) is 0 Å². The molecular weight excluding hydrogens is 236 g/mol. The van der Waals surface area contributed by atoms with Crippen LogP contribution in [0.2, 0.25) is 0 Å². The highest BCUT2D eigenvalue weighted by Gasteiger charge is 2.10. The van der Waals surface area contributed by atoms with Gasteiger partial charge in [-0.05, 0) is 36.6 Å². The number of fused-ring (bicyclic) bond motifs is 1. The zero-order valence-electron chi connectivity index (χ0n) is 11.1. The van der Waals surface area contributed by atoms with E-state index in [9.17, 15) is 0 Å². The minimum Gasteiger partial charge on any atom is -0.363 e. The van der Waals surface area contributed by atoms with Crippen LogP contribution in [0.1, 0.15) is 16.7 Å². The van der Waals surface area contributed by atoms with Gasteiger partial charge in [0.05, 0.1) is 5.39 Å². The Balaban J connectivity index is 1.90. The second-order valence-corrected chi connectivity index (χ2v) is 4.83. The Labute approximate surface area is 112 Å². The maximum atomic E-state index is 5.39. The molecule has 3 heteroatoms. The number of benzene rings is 2. The minimum absolute atomic E-state index is 0.746. The van der Waals surface area contributed by atoms with Crippen LogP contribution < -0.4 is 5.32 Å². The van der Waals surface area contributed by atoms with Gasteiger partial charge in [-0.2, -0.15) is 0 Å². The zero-order valence-corrected chi connectivity index (χ0v) is 11.1. The highest BCUT2D eigenvalue weighted by Crippen LogP contribution is 2.27. The van der Waals surface area contributed by atoms with Crippen LogP contribution in [0, 0.1) is 13.8 Å². The summed E-state index contributed by atoms with van der Waals surface area (Å²) in [7, 11) is 0. The quantitative estimate of drug-likeness (QED) is 0.764. The highest BCUT2D eigenvalue weighted by atomic mass is 16.5. The summed E-state index contributed by atoms with van der Waals surface area (Å²) in [4.78, 5) is 0. The van der Waals surface area contributed by atoms with Gasteiger partial charge < -0.3 is 9.84 Å². The number of aromatic nitrogens is 1. The molecule has 3 nitrogen and oxygen atoms in total. The van der Waals surface area contributed by atoms with Crippen LogP contribution in [-0.2, 0) is 6.54 Å². The van der Waals surface area contributed by atoms with E-state index in [1.165, 1.54) is 16.7 Å². The van der Waals surface area contributed by atoms with Crippen molar-refractivity contribution >= 4 is 16.8 Å². The first-order valence-corrected chi connectivity index (χ1v) is 6.38. The standard InChI is InChI=1S/C16H16N2O/c1-11-8-12(2)15-14(9-11)19-18-16(15)17-10-13-6-4-3-5-7-13/h3-9H,10H2,1-2H3,(H,17,18). The summed E-state index contributed by atoms with van der Waals surface area (Å²) in [5.41, 5.74) is 4.44. The molecular formula is C16H16N2O. The molecule has 0 fully saturated rings. The molecule has 19 heavy (non-hydrogen) atoms. The lowest BCUT2D eigenvalue weighted by atomic mass is 10.1. The Bertz CT molecular complexity index is 701.